The van der Waals surface area contributed by atoms with Crippen LogP contribution >= 0.6 is 34.5 Å². The van der Waals surface area contributed by atoms with Crippen molar-refractivity contribution in [1.29, 1.82) is 0 Å². The number of pyridine rings is 1. The molecule has 4 aromatic rings. The summed E-state index contributed by atoms with van der Waals surface area (Å²) in [6, 6.07) is 11.0. The lowest BCUT2D eigenvalue weighted by atomic mass is 10.2. The molecule has 128 valence electrons. The first-order valence-electron chi connectivity index (χ1n) is 7.67. The van der Waals surface area contributed by atoms with Crippen LogP contribution in [0.15, 0.2) is 59.0 Å². The lowest BCUT2D eigenvalue weighted by molar-refractivity contribution is 1.08. The zero-order valence-electron chi connectivity index (χ0n) is 13.3. The van der Waals surface area contributed by atoms with E-state index < -0.39 is 0 Å². The third-order valence-electron chi connectivity index (χ3n) is 3.80. The van der Waals surface area contributed by atoms with E-state index >= 15 is 0 Å². The lowest BCUT2D eigenvalue weighted by Crippen LogP contribution is -2.16. The molecule has 0 radical (unpaired) electrons. The number of fused-ring (bicyclic) bond motifs is 1. The Balaban J connectivity index is 1.82. The first-order valence-corrected chi connectivity index (χ1v) is 9.31. The molecule has 0 unspecified atom stereocenters. The van der Waals surface area contributed by atoms with Crippen LogP contribution < -0.4 is 5.56 Å². The number of rotatable bonds is 3. The monoisotopic (exact) mass is 399 g/mol. The van der Waals surface area contributed by atoms with Crippen LogP contribution in [0.1, 0.15) is 11.3 Å². The lowest BCUT2D eigenvalue weighted by Gasteiger charge is -2.04. The van der Waals surface area contributed by atoms with Gasteiger partial charge in [-0.25, -0.2) is 9.38 Å². The SMILES string of the molecule is O=c1c(Cl)c(C=Cc2cccnc2)nc2scc(-c3ccc(Cl)cc3)n12. The van der Waals surface area contributed by atoms with E-state index in [2.05, 4.69) is 9.97 Å². The average molecular weight is 400 g/mol. The van der Waals surface area contributed by atoms with Crippen LogP contribution in [-0.4, -0.2) is 14.4 Å². The van der Waals surface area contributed by atoms with E-state index in [9.17, 15) is 4.79 Å². The topological polar surface area (TPSA) is 47.3 Å². The van der Waals surface area contributed by atoms with Crippen molar-refractivity contribution in [2.24, 2.45) is 0 Å². The zero-order chi connectivity index (χ0) is 18.1. The van der Waals surface area contributed by atoms with E-state index in [-0.39, 0.29) is 10.6 Å². The summed E-state index contributed by atoms with van der Waals surface area (Å²) in [5, 5.41) is 2.61. The molecule has 3 aromatic heterocycles. The molecular weight excluding hydrogens is 389 g/mol. The fraction of sp³-hybridized carbons (Fsp3) is 0. The number of hydrogen-bond acceptors (Lipinski definition) is 4. The number of nitrogens with zero attached hydrogens (tertiary/aromatic N) is 3. The Morgan fingerprint density at radius 2 is 1.88 bits per heavy atom. The molecular formula is C19H11Cl2N3OS. The van der Waals surface area contributed by atoms with E-state index in [4.69, 9.17) is 23.2 Å². The highest BCUT2D eigenvalue weighted by Crippen LogP contribution is 2.27. The maximum absolute atomic E-state index is 12.8. The van der Waals surface area contributed by atoms with Gasteiger partial charge in [-0.05, 0) is 35.4 Å². The molecule has 7 heteroatoms. The van der Waals surface area contributed by atoms with E-state index in [0.717, 1.165) is 16.8 Å². The molecule has 0 bridgehead atoms. The molecule has 0 saturated carbocycles. The van der Waals surface area contributed by atoms with Gasteiger partial charge < -0.3 is 0 Å². The van der Waals surface area contributed by atoms with Crippen LogP contribution in [0.3, 0.4) is 0 Å². The van der Waals surface area contributed by atoms with Gasteiger partial charge in [0.05, 0.1) is 11.4 Å². The highest BCUT2D eigenvalue weighted by molar-refractivity contribution is 7.15. The van der Waals surface area contributed by atoms with Crippen molar-refractivity contribution in [3.63, 3.8) is 0 Å². The predicted molar refractivity (Wildman–Crippen MR) is 108 cm³/mol. The van der Waals surface area contributed by atoms with Gasteiger partial charge in [0, 0.05) is 22.8 Å². The standard InChI is InChI=1S/C19H11Cl2N3OS/c20-14-6-4-13(5-7-14)16-11-26-19-23-15(17(21)18(25)24(16)19)8-3-12-2-1-9-22-10-12/h1-11H. The molecule has 0 amide bonds. The Kier molecular flexibility index (Phi) is 4.59. The molecule has 0 spiro atoms. The van der Waals surface area contributed by atoms with Crippen LogP contribution in [0.2, 0.25) is 10.0 Å². The molecule has 0 aliphatic heterocycles. The molecule has 0 N–H and O–H groups in total. The Morgan fingerprint density at radius 3 is 2.62 bits per heavy atom. The normalized spacial score (nSPS) is 11.5. The summed E-state index contributed by atoms with van der Waals surface area (Å²) in [5.41, 5.74) is 2.65. The zero-order valence-corrected chi connectivity index (χ0v) is 15.6. The van der Waals surface area contributed by atoms with Crippen molar-refractivity contribution in [2.75, 3.05) is 0 Å². The second-order valence-corrected chi connectivity index (χ2v) is 7.13. The van der Waals surface area contributed by atoms with Gasteiger partial charge in [0.2, 0.25) is 0 Å². The van der Waals surface area contributed by atoms with Gasteiger partial charge in [0.15, 0.2) is 4.96 Å². The average Bonchev–Trinajstić information content (AvgIpc) is 3.09. The second kappa shape index (κ2) is 7.03. The van der Waals surface area contributed by atoms with Gasteiger partial charge in [-0.2, -0.15) is 0 Å². The highest BCUT2D eigenvalue weighted by atomic mass is 35.5. The Hall–Kier alpha value is -2.47. The molecule has 26 heavy (non-hydrogen) atoms. The van der Waals surface area contributed by atoms with Crippen LogP contribution in [0.5, 0.6) is 0 Å². The molecule has 0 aliphatic rings. The maximum atomic E-state index is 12.8. The summed E-state index contributed by atoms with van der Waals surface area (Å²) < 4.78 is 1.53. The van der Waals surface area contributed by atoms with E-state index in [0.29, 0.717) is 15.7 Å². The molecule has 1 aromatic carbocycles. The van der Waals surface area contributed by atoms with E-state index in [1.807, 2.05) is 35.7 Å². The van der Waals surface area contributed by atoms with E-state index in [1.165, 1.54) is 15.7 Å². The highest BCUT2D eigenvalue weighted by Gasteiger charge is 2.14. The van der Waals surface area contributed by atoms with Crippen LogP contribution in [0, 0.1) is 0 Å². The van der Waals surface area contributed by atoms with Crippen LogP contribution in [0.25, 0.3) is 28.4 Å². The summed E-state index contributed by atoms with van der Waals surface area (Å²) in [6.45, 7) is 0. The minimum atomic E-state index is -0.297. The van der Waals surface area contributed by atoms with Gasteiger partial charge in [0.25, 0.3) is 5.56 Å². The first kappa shape index (κ1) is 17.0. The summed E-state index contributed by atoms with van der Waals surface area (Å²) in [5.74, 6) is 0. The van der Waals surface area contributed by atoms with Gasteiger partial charge in [-0.1, -0.05) is 47.5 Å². The molecule has 3 heterocycles. The predicted octanol–water partition coefficient (Wildman–Crippen LogP) is 5.30. The Bertz CT molecular complexity index is 1170. The molecule has 0 fully saturated rings. The number of halogens is 2. The first-order chi connectivity index (χ1) is 12.6. The maximum Gasteiger partial charge on any atom is 0.278 e. The molecule has 0 aliphatic carbocycles. The van der Waals surface area contributed by atoms with Crippen LogP contribution in [-0.2, 0) is 0 Å². The van der Waals surface area contributed by atoms with Crippen molar-refractivity contribution >= 4 is 51.7 Å². The molecule has 4 nitrogen and oxygen atoms in total. The minimum Gasteiger partial charge on any atom is -0.267 e. The van der Waals surface area contributed by atoms with E-state index in [1.54, 1.807) is 30.6 Å². The number of aromatic nitrogens is 3. The second-order valence-electron chi connectivity index (χ2n) is 5.48. The third-order valence-corrected chi connectivity index (χ3v) is 5.23. The minimum absolute atomic E-state index is 0.0799. The summed E-state index contributed by atoms with van der Waals surface area (Å²) in [7, 11) is 0. The molecule has 0 saturated heterocycles. The summed E-state index contributed by atoms with van der Waals surface area (Å²) in [4.78, 5) is 22.0. The largest absolute Gasteiger partial charge is 0.278 e. The Morgan fingerprint density at radius 1 is 1.08 bits per heavy atom. The van der Waals surface area contributed by atoms with Gasteiger partial charge in [-0.15, -0.1) is 11.3 Å². The summed E-state index contributed by atoms with van der Waals surface area (Å²) in [6.07, 6.45) is 6.97. The summed E-state index contributed by atoms with van der Waals surface area (Å²) >= 11 is 13.6. The smallest absolute Gasteiger partial charge is 0.267 e. The Labute approximate surface area is 163 Å². The van der Waals surface area contributed by atoms with Crippen molar-refractivity contribution in [1.82, 2.24) is 14.4 Å². The fourth-order valence-corrected chi connectivity index (χ4v) is 3.74. The quantitative estimate of drug-likeness (QED) is 0.469. The van der Waals surface area contributed by atoms with Gasteiger partial charge in [-0.3, -0.25) is 9.78 Å². The molecule has 0 atom stereocenters. The van der Waals surface area contributed by atoms with Crippen molar-refractivity contribution in [3.05, 3.63) is 85.8 Å². The fourth-order valence-electron chi connectivity index (χ4n) is 2.53. The van der Waals surface area contributed by atoms with Gasteiger partial charge in [0.1, 0.15) is 5.02 Å². The van der Waals surface area contributed by atoms with Crippen LogP contribution in [0.4, 0.5) is 0 Å². The number of thiazole rings is 1. The van der Waals surface area contributed by atoms with Crippen molar-refractivity contribution in [3.8, 4) is 11.3 Å². The number of benzene rings is 1. The third kappa shape index (κ3) is 3.17. The molecule has 4 rings (SSSR count). The number of hydrogen-bond donors (Lipinski definition) is 0. The van der Waals surface area contributed by atoms with Crippen molar-refractivity contribution in [2.45, 2.75) is 0 Å². The van der Waals surface area contributed by atoms with Gasteiger partial charge >= 0.3 is 0 Å². The van der Waals surface area contributed by atoms with Crippen molar-refractivity contribution < 1.29 is 0 Å².